The number of hydrogen-bond acceptors (Lipinski definition) is 6. The Morgan fingerprint density at radius 1 is 0.844 bits per heavy atom. The summed E-state index contributed by atoms with van der Waals surface area (Å²) in [6, 6.07) is 22.1. The van der Waals surface area contributed by atoms with Gasteiger partial charge in [-0.1, -0.05) is 24.3 Å². The van der Waals surface area contributed by atoms with Gasteiger partial charge in [0.15, 0.2) is 5.69 Å². The predicted octanol–water partition coefficient (Wildman–Crippen LogP) is 0.191. The van der Waals surface area contributed by atoms with E-state index in [1.165, 1.54) is 0 Å². The van der Waals surface area contributed by atoms with Crippen LogP contribution in [0.15, 0.2) is 86.9 Å². The molecule has 9 heteroatoms. The Morgan fingerprint density at radius 2 is 1.53 bits per heavy atom. The SMILES string of the molecule is COc1ccc(Oc2cccc(COc3ccc(Cn4oc(=O)[n-]c4=O)cc3)c2)cc1.[Na+]. The molecule has 0 N–H and O–H groups in total. The number of hydrogen-bond donors (Lipinski definition) is 0. The van der Waals surface area contributed by atoms with Crippen molar-refractivity contribution in [1.29, 1.82) is 0 Å². The third kappa shape index (κ3) is 6.16. The van der Waals surface area contributed by atoms with E-state index in [0.29, 0.717) is 23.9 Å². The van der Waals surface area contributed by atoms with Gasteiger partial charge >= 0.3 is 35.3 Å². The Morgan fingerprint density at radius 3 is 2.19 bits per heavy atom. The smallest absolute Gasteiger partial charge is 0.497 e. The van der Waals surface area contributed by atoms with E-state index >= 15 is 0 Å². The van der Waals surface area contributed by atoms with Crippen molar-refractivity contribution in [2.75, 3.05) is 7.11 Å². The Hall–Kier alpha value is -3.20. The van der Waals surface area contributed by atoms with Gasteiger partial charge in [-0.15, -0.1) is 0 Å². The molecule has 0 aliphatic carbocycles. The van der Waals surface area contributed by atoms with Crippen LogP contribution >= 0.6 is 0 Å². The third-order valence-electron chi connectivity index (χ3n) is 4.44. The molecule has 0 amide bonds. The van der Waals surface area contributed by atoms with Gasteiger partial charge in [-0.2, -0.15) is 0 Å². The summed E-state index contributed by atoms with van der Waals surface area (Å²) >= 11 is 0. The van der Waals surface area contributed by atoms with Crippen LogP contribution in [0.2, 0.25) is 0 Å². The summed E-state index contributed by atoms with van der Waals surface area (Å²) < 4.78 is 22.5. The Labute approximate surface area is 205 Å². The molecule has 1 aromatic heterocycles. The maximum atomic E-state index is 11.5. The molecule has 0 aliphatic rings. The van der Waals surface area contributed by atoms with Crippen molar-refractivity contribution in [3.05, 3.63) is 105 Å². The summed E-state index contributed by atoms with van der Waals surface area (Å²) in [6.07, 6.45) is 0. The van der Waals surface area contributed by atoms with Crippen LogP contribution in [0.4, 0.5) is 0 Å². The second-order valence-corrected chi connectivity index (χ2v) is 6.65. The predicted molar refractivity (Wildman–Crippen MR) is 112 cm³/mol. The molecule has 0 radical (unpaired) electrons. The molecule has 0 unspecified atom stereocenters. The first-order valence-corrected chi connectivity index (χ1v) is 9.47. The van der Waals surface area contributed by atoms with Crippen LogP contribution in [0.5, 0.6) is 23.0 Å². The number of aromatic nitrogens is 2. The molecule has 0 aliphatic heterocycles. The van der Waals surface area contributed by atoms with Crippen LogP contribution in [-0.4, -0.2) is 11.8 Å². The first-order valence-electron chi connectivity index (χ1n) is 9.47. The molecule has 0 spiro atoms. The van der Waals surface area contributed by atoms with Crippen LogP contribution in [-0.2, 0) is 13.2 Å². The van der Waals surface area contributed by atoms with Gasteiger partial charge in [-0.3, -0.25) is 9.53 Å². The topological polar surface area (TPSA) is 94.0 Å². The molecule has 4 aromatic rings. The van der Waals surface area contributed by atoms with Crippen LogP contribution in [0.25, 0.3) is 0 Å². The second kappa shape index (κ2) is 10.9. The average Bonchev–Trinajstić information content (AvgIpc) is 3.10. The van der Waals surface area contributed by atoms with Crippen molar-refractivity contribution in [3.63, 3.8) is 0 Å². The van der Waals surface area contributed by atoms with Crippen molar-refractivity contribution < 1.29 is 48.3 Å². The van der Waals surface area contributed by atoms with Gasteiger partial charge in [0.25, 0.3) is 0 Å². The number of benzene rings is 3. The van der Waals surface area contributed by atoms with Crippen molar-refractivity contribution in [3.8, 4) is 23.0 Å². The molecule has 0 saturated heterocycles. The first-order chi connectivity index (χ1) is 15.1. The number of rotatable bonds is 8. The molecule has 1 heterocycles. The molecule has 0 atom stereocenters. The largest absolute Gasteiger partial charge is 1.00 e. The van der Waals surface area contributed by atoms with E-state index in [0.717, 1.165) is 21.6 Å². The molecular weight excluding hydrogens is 423 g/mol. The molecule has 4 rings (SSSR count). The van der Waals surface area contributed by atoms with Crippen molar-refractivity contribution in [2.45, 2.75) is 13.2 Å². The number of methoxy groups -OCH3 is 1. The summed E-state index contributed by atoms with van der Waals surface area (Å²) in [6.45, 7) is 0.485. The zero-order valence-electron chi connectivity index (χ0n) is 17.7. The van der Waals surface area contributed by atoms with Gasteiger partial charge in [-0.25, -0.2) is 4.79 Å². The summed E-state index contributed by atoms with van der Waals surface area (Å²) in [5.74, 6) is 1.95. The van der Waals surface area contributed by atoms with E-state index in [1.807, 2.05) is 48.5 Å². The van der Waals surface area contributed by atoms with E-state index in [-0.39, 0.29) is 36.1 Å². The standard InChI is InChI=1S/C23H20N2O6.Na/c1-28-18-9-11-20(12-10-18)30-21-4-2-3-17(13-21)15-29-19-7-5-16(6-8-19)14-25-22(26)24-23(27)31-25;/h2-13H,14-15H2,1H3,(H,24,26,27);/q;+1/p-1. The Balaban J connectivity index is 0.00000289. The fraction of sp³-hybridized carbons (Fsp3) is 0.130. The quantitative estimate of drug-likeness (QED) is 0.360. The summed E-state index contributed by atoms with van der Waals surface area (Å²) in [4.78, 5) is 25.6. The third-order valence-corrected chi connectivity index (χ3v) is 4.44. The summed E-state index contributed by atoms with van der Waals surface area (Å²) in [5.41, 5.74) is 1.02. The van der Waals surface area contributed by atoms with E-state index in [1.54, 1.807) is 31.4 Å². The Bertz CT molecular complexity index is 1260. The molecule has 32 heavy (non-hydrogen) atoms. The van der Waals surface area contributed by atoms with Gasteiger partial charge in [0.05, 0.1) is 7.11 Å². The van der Waals surface area contributed by atoms with Gasteiger partial charge in [0, 0.05) is 6.54 Å². The van der Waals surface area contributed by atoms with Crippen molar-refractivity contribution in [2.24, 2.45) is 0 Å². The molecule has 0 fully saturated rings. The van der Waals surface area contributed by atoms with E-state index < -0.39 is 11.4 Å². The Kier molecular flexibility index (Phi) is 7.99. The zero-order chi connectivity index (χ0) is 21.6. The van der Waals surface area contributed by atoms with Gasteiger partial charge in [0.1, 0.15) is 29.6 Å². The molecule has 0 saturated carbocycles. The minimum absolute atomic E-state index is 0. The summed E-state index contributed by atoms with van der Waals surface area (Å²) in [7, 11) is 1.62. The van der Waals surface area contributed by atoms with Gasteiger partial charge in [0.2, 0.25) is 0 Å². The molecule has 3 aromatic carbocycles. The minimum atomic E-state index is -0.900. The van der Waals surface area contributed by atoms with Gasteiger partial charge in [-0.05, 0) is 59.7 Å². The van der Waals surface area contributed by atoms with Crippen LogP contribution in [0.3, 0.4) is 0 Å². The summed E-state index contributed by atoms with van der Waals surface area (Å²) in [5, 5.41) is 0. The van der Waals surface area contributed by atoms with E-state index in [4.69, 9.17) is 18.7 Å². The van der Waals surface area contributed by atoms with Crippen LogP contribution in [0.1, 0.15) is 11.1 Å². The van der Waals surface area contributed by atoms with E-state index in [9.17, 15) is 9.59 Å². The maximum Gasteiger partial charge on any atom is 1.00 e. The monoisotopic (exact) mass is 442 g/mol. The molecule has 158 valence electrons. The van der Waals surface area contributed by atoms with Crippen molar-refractivity contribution in [1.82, 2.24) is 9.72 Å². The van der Waals surface area contributed by atoms with Crippen LogP contribution < -0.4 is 60.2 Å². The number of ether oxygens (including phenoxy) is 3. The molecular formula is C23H19N2NaO6. The van der Waals surface area contributed by atoms with Gasteiger partial charge < -0.3 is 23.7 Å². The molecule has 0 bridgehead atoms. The minimum Gasteiger partial charge on any atom is -0.497 e. The second-order valence-electron chi connectivity index (χ2n) is 6.65. The molecule has 8 nitrogen and oxygen atoms in total. The number of nitrogens with zero attached hydrogens (tertiary/aromatic N) is 2. The fourth-order valence-electron chi connectivity index (χ4n) is 2.89. The zero-order valence-corrected chi connectivity index (χ0v) is 19.7. The normalized spacial score (nSPS) is 10.3. The fourth-order valence-corrected chi connectivity index (χ4v) is 2.89. The van der Waals surface area contributed by atoms with Crippen molar-refractivity contribution >= 4 is 0 Å². The average molecular weight is 442 g/mol. The first kappa shape index (κ1) is 23.5. The van der Waals surface area contributed by atoms with Crippen LogP contribution in [0, 0.1) is 0 Å². The maximum absolute atomic E-state index is 11.5. The van der Waals surface area contributed by atoms with E-state index in [2.05, 4.69) is 4.98 Å².